The van der Waals surface area contributed by atoms with Crippen molar-refractivity contribution in [2.45, 2.75) is 51.5 Å². The van der Waals surface area contributed by atoms with E-state index in [1.807, 2.05) is 0 Å². The first-order valence-corrected chi connectivity index (χ1v) is 7.15. The van der Waals surface area contributed by atoms with E-state index in [0.717, 1.165) is 38.3 Å². The molecule has 3 heteroatoms. The van der Waals surface area contributed by atoms with Crippen molar-refractivity contribution in [2.24, 2.45) is 11.3 Å². The highest BCUT2D eigenvalue weighted by Crippen LogP contribution is 2.40. The molecule has 0 aromatic carbocycles. The molecule has 2 fully saturated rings. The summed E-state index contributed by atoms with van der Waals surface area (Å²) in [6, 6.07) is 0.345. The van der Waals surface area contributed by atoms with Crippen LogP contribution in [0.4, 0.5) is 0 Å². The second-order valence-corrected chi connectivity index (χ2v) is 6.29. The van der Waals surface area contributed by atoms with Gasteiger partial charge in [0.1, 0.15) is 0 Å². The summed E-state index contributed by atoms with van der Waals surface area (Å²) in [5, 5.41) is 19.1. The molecule has 2 rings (SSSR count). The molecule has 2 N–H and O–H groups in total. The lowest BCUT2D eigenvalue weighted by molar-refractivity contribution is 0.0179. The molecular formula is C14H27NO2. The molecule has 1 saturated heterocycles. The lowest BCUT2D eigenvalue weighted by Gasteiger charge is -2.42. The van der Waals surface area contributed by atoms with Crippen molar-refractivity contribution in [1.29, 1.82) is 0 Å². The van der Waals surface area contributed by atoms with Crippen LogP contribution in [0, 0.1) is 11.3 Å². The fraction of sp³-hybridized carbons (Fsp3) is 1.00. The molecule has 1 unspecified atom stereocenters. The third kappa shape index (κ3) is 3.01. The molecule has 1 aliphatic heterocycles. The zero-order valence-corrected chi connectivity index (χ0v) is 11.1. The zero-order valence-electron chi connectivity index (χ0n) is 11.1. The van der Waals surface area contributed by atoms with Gasteiger partial charge >= 0.3 is 0 Å². The zero-order chi connectivity index (χ0) is 12.3. The largest absolute Gasteiger partial charge is 0.396 e. The molecular weight excluding hydrogens is 214 g/mol. The van der Waals surface area contributed by atoms with Gasteiger partial charge in [0.25, 0.3) is 0 Å². The number of hydrogen-bond acceptors (Lipinski definition) is 3. The molecule has 100 valence electrons. The summed E-state index contributed by atoms with van der Waals surface area (Å²) < 4.78 is 0. The molecule has 17 heavy (non-hydrogen) atoms. The Balaban J connectivity index is 1.94. The van der Waals surface area contributed by atoms with Crippen molar-refractivity contribution >= 4 is 0 Å². The SMILES string of the molecule is CC1CCC(CO)(CN2CCCC2CO)CC1. The number of likely N-dealkylation sites (tertiary alicyclic amines) is 1. The third-order valence-corrected chi connectivity index (χ3v) is 4.92. The van der Waals surface area contributed by atoms with Crippen molar-refractivity contribution in [1.82, 2.24) is 4.90 Å². The second kappa shape index (κ2) is 5.68. The number of rotatable bonds is 4. The Morgan fingerprint density at radius 2 is 1.88 bits per heavy atom. The highest BCUT2D eigenvalue weighted by molar-refractivity contribution is 4.90. The van der Waals surface area contributed by atoms with Gasteiger partial charge in [0.2, 0.25) is 0 Å². The first-order valence-electron chi connectivity index (χ1n) is 7.15. The Morgan fingerprint density at radius 1 is 1.18 bits per heavy atom. The van der Waals surface area contributed by atoms with Gasteiger partial charge in [-0.25, -0.2) is 0 Å². The van der Waals surface area contributed by atoms with Crippen LogP contribution in [-0.4, -0.2) is 47.5 Å². The lowest BCUT2D eigenvalue weighted by Crippen LogP contribution is -2.45. The van der Waals surface area contributed by atoms with Crippen molar-refractivity contribution in [3.05, 3.63) is 0 Å². The number of aliphatic hydroxyl groups excluding tert-OH is 2. The molecule has 1 aliphatic carbocycles. The fourth-order valence-corrected chi connectivity index (χ4v) is 3.48. The van der Waals surface area contributed by atoms with Crippen LogP contribution in [0.5, 0.6) is 0 Å². The van der Waals surface area contributed by atoms with Gasteiger partial charge < -0.3 is 10.2 Å². The molecule has 1 atom stereocenters. The standard InChI is InChI=1S/C14H27NO2/c1-12-4-6-14(11-17,7-5-12)10-15-8-2-3-13(15)9-16/h12-13,16-17H,2-11H2,1H3. The van der Waals surface area contributed by atoms with Gasteiger partial charge in [-0.05, 0) is 38.1 Å². The summed E-state index contributed by atoms with van der Waals surface area (Å²) in [7, 11) is 0. The Kier molecular flexibility index (Phi) is 4.45. The summed E-state index contributed by atoms with van der Waals surface area (Å²) in [5.41, 5.74) is 0.115. The van der Waals surface area contributed by atoms with Gasteiger partial charge in [-0.2, -0.15) is 0 Å². The van der Waals surface area contributed by atoms with Crippen molar-refractivity contribution in [2.75, 3.05) is 26.3 Å². The highest BCUT2D eigenvalue weighted by Gasteiger charge is 2.37. The minimum absolute atomic E-state index is 0.115. The lowest BCUT2D eigenvalue weighted by atomic mass is 9.71. The first kappa shape index (κ1) is 13.3. The molecule has 0 bridgehead atoms. The maximum absolute atomic E-state index is 9.76. The van der Waals surface area contributed by atoms with E-state index in [0.29, 0.717) is 12.6 Å². The fourth-order valence-electron chi connectivity index (χ4n) is 3.48. The van der Waals surface area contributed by atoms with Crippen molar-refractivity contribution in [3.8, 4) is 0 Å². The van der Waals surface area contributed by atoms with Gasteiger partial charge in [-0.15, -0.1) is 0 Å². The van der Waals surface area contributed by atoms with E-state index in [1.54, 1.807) is 0 Å². The number of nitrogens with zero attached hydrogens (tertiary/aromatic N) is 1. The van der Waals surface area contributed by atoms with Crippen LogP contribution in [0.15, 0.2) is 0 Å². The van der Waals surface area contributed by atoms with E-state index in [4.69, 9.17) is 0 Å². The van der Waals surface area contributed by atoms with Gasteiger partial charge in [0, 0.05) is 24.6 Å². The van der Waals surface area contributed by atoms with Crippen LogP contribution < -0.4 is 0 Å². The summed E-state index contributed by atoms with van der Waals surface area (Å²) in [6.45, 7) is 4.99. The predicted molar refractivity (Wildman–Crippen MR) is 68.8 cm³/mol. The summed E-state index contributed by atoms with van der Waals surface area (Å²) >= 11 is 0. The van der Waals surface area contributed by atoms with Gasteiger partial charge in [-0.3, -0.25) is 4.90 Å². The van der Waals surface area contributed by atoms with E-state index in [9.17, 15) is 10.2 Å². The van der Waals surface area contributed by atoms with E-state index >= 15 is 0 Å². The Labute approximate surface area is 105 Å². The summed E-state index contributed by atoms with van der Waals surface area (Å²) in [4.78, 5) is 2.41. The Morgan fingerprint density at radius 3 is 2.47 bits per heavy atom. The van der Waals surface area contributed by atoms with Crippen LogP contribution in [0.25, 0.3) is 0 Å². The topological polar surface area (TPSA) is 43.7 Å². The molecule has 0 spiro atoms. The van der Waals surface area contributed by atoms with Gasteiger partial charge in [0.05, 0.1) is 6.61 Å². The smallest absolute Gasteiger partial charge is 0.0586 e. The Bertz CT molecular complexity index is 236. The van der Waals surface area contributed by atoms with Crippen LogP contribution in [0.3, 0.4) is 0 Å². The van der Waals surface area contributed by atoms with E-state index < -0.39 is 0 Å². The normalized spacial score (nSPS) is 39.7. The first-order chi connectivity index (χ1) is 8.19. The average molecular weight is 241 g/mol. The van der Waals surface area contributed by atoms with Crippen LogP contribution in [-0.2, 0) is 0 Å². The summed E-state index contributed by atoms with van der Waals surface area (Å²) in [5.74, 6) is 0.821. The Hall–Kier alpha value is -0.120. The van der Waals surface area contributed by atoms with E-state index in [1.165, 1.54) is 19.3 Å². The van der Waals surface area contributed by atoms with Crippen molar-refractivity contribution in [3.63, 3.8) is 0 Å². The second-order valence-electron chi connectivity index (χ2n) is 6.29. The highest BCUT2D eigenvalue weighted by atomic mass is 16.3. The summed E-state index contributed by atoms with van der Waals surface area (Å²) in [6.07, 6.45) is 7.12. The third-order valence-electron chi connectivity index (χ3n) is 4.92. The van der Waals surface area contributed by atoms with Crippen LogP contribution in [0.2, 0.25) is 0 Å². The average Bonchev–Trinajstić information content (AvgIpc) is 2.79. The molecule has 1 saturated carbocycles. The van der Waals surface area contributed by atoms with Crippen LogP contribution in [0.1, 0.15) is 45.4 Å². The minimum Gasteiger partial charge on any atom is -0.396 e. The predicted octanol–water partition coefficient (Wildman–Crippen LogP) is 1.63. The molecule has 2 aliphatic rings. The minimum atomic E-state index is 0.115. The number of hydrogen-bond donors (Lipinski definition) is 2. The maximum Gasteiger partial charge on any atom is 0.0586 e. The molecule has 0 aromatic rings. The molecule has 0 radical (unpaired) electrons. The van der Waals surface area contributed by atoms with Crippen molar-refractivity contribution < 1.29 is 10.2 Å². The molecule has 0 aromatic heterocycles. The van der Waals surface area contributed by atoms with E-state index in [-0.39, 0.29) is 12.0 Å². The quantitative estimate of drug-likeness (QED) is 0.786. The molecule has 0 amide bonds. The maximum atomic E-state index is 9.76. The van der Waals surface area contributed by atoms with E-state index in [2.05, 4.69) is 11.8 Å². The van der Waals surface area contributed by atoms with Gasteiger partial charge in [0.15, 0.2) is 0 Å². The number of aliphatic hydroxyl groups is 2. The molecule has 3 nitrogen and oxygen atoms in total. The molecule has 1 heterocycles. The van der Waals surface area contributed by atoms with Gasteiger partial charge in [-0.1, -0.05) is 19.8 Å². The monoisotopic (exact) mass is 241 g/mol. The van der Waals surface area contributed by atoms with Crippen LogP contribution >= 0.6 is 0 Å².